The SMILES string of the molecule is CCCn1cc(C(CSc2ccccc2Cl)NN)cn1. The first kappa shape index (κ1) is 15.4. The summed E-state index contributed by atoms with van der Waals surface area (Å²) in [6, 6.07) is 7.88. The summed E-state index contributed by atoms with van der Waals surface area (Å²) in [7, 11) is 0. The summed E-state index contributed by atoms with van der Waals surface area (Å²) in [6.45, 7) is 3.06. The number of aryl methyl sites for hydroxylation is 1. The molecule has 1 unspecified atom stereocenters. The van der Waals surface area contributed by atoms with E-state index in [1.54, 1.807) is 11.8 Å². The second-order valence-corrected chi connectivity index (χ2v) is 5.97. The van der Waals surface area contributed by atoms with Gasteiger partial charge in [0.1, 0.15) is 0 Å². The minimum Gasteiger partial charge on any atom is -0.272 e. The quantitative estimate of drug-likeness (QED) is 0.468. The smallest absolute Gasteiger partial charge is 0.0584 e. The van der Waals surface area contributed by atoms with Crippen LogP contribution in [0.2, 0.25) is 5.02 Å². The Morgan fingerprint density at radius 3 is 2.95 bits per heavy atom. The molecule has 6 heteroatoms. The van der Waals surface area contributed by atoms with E-state index < -0.39 is 0 Å². The molecule has 0 saturated heterocycles. The number of nitrogens with one attached hydrogen (secondary N) is 1. The van der Waals surface area contributed by atoms with Crippen molar-refractivity contribution in [2.45, 2.75) is 30.8 Å². The van der Waals surface area contributed by atoms with Crippen LogP contribution >= 0.6 is 23.4 Å². The Hall–Kier alpha value is -1.01. The topological polar surface area (TPSA) is 55.9 Å². The van der Waals surface area contributed by atoms with E-state index in [9.17, 15) is 0 Å². The van der Waals surface area contributed by atoms with Gasteiger partial charge in [-0.05, 0) is 18.6 Å². The van der Waals surface area contributed by atoms with E-state index in [0.717, 1.165) is 34.2 Å². The molecule has 0 spiro atoms. The van der Waals surface area contributed by atoms with Gasteiger partial charge in [0.15, 0.2) is 0 Å². The van der Waals surface area contributed by atoms with Crippen molar-refractivity contribution >= 4 is 23.4 Å². The van der Waals surface area contributed by atoms with E-state index in [1.807, 2.05) is 41.3 Å². The molecule has 2 aromatic rings. The fourth-order valence-corrected chi connectivity index (χ4v) is 3.20. The minimum atomic E-state index is 0.0573. The van der Waals surface area contributed by atoms with Gasteiger partial charge in [0.25, 0.3) is 0 Å². The van der Waals surface area contributed by atoms with Gasteiger partial charge >= 0.3 is 0 Å². The standard InChI is InChI=1S/C14H19ClN4S/c1-2-7-19-9-11(8-17-19)13(18-16)10-20-14-6-4-3-5-12(14)15/h3-6,8-9,13,18H,2,7,10,16H2,1H3. The average molecular weight is 311 g/mol. The van der Waals surface area contributed by atoms with E-state index in [1.165, 1.54) is 0 Å². The van der Waals surface area contributed by atoms with Gasteiger partial charge in [-0.2, -0.15) is 5.10 Å². The summed E-state index contributed by atoms with van der Waals surface area (Å²) < 4.78 is 1.94. The molecule has 2 rings (SSSR count). The molecule has 1 atom stereocenters. The zero-order valence-electron chi connectivity index (χ0n) is 11.4. The maximum Gasteiger partial charge on any atom is 0.0584 e. The summed E-state index contributed by atoms with van der Waals surface area (Å²) in [5.41, 5.74) is 3.94. The molecule has 0 saturated carbocycles. The second-order valence-electron chi connectivity index (χ2n) is 4.50. The third-order valence-corrected chi connectivity index (χ3v) is 4.56. The second kappa shape index (κ2) is 7.69. The summed E-state index contributed by atoms with van der Waals surface area (Å²) in [6.07, 6.45) is 4.98. The van der Waals surface area contributed by atoms with Gasteiger partial charge in [-0.1, -0.05) is 30.7 Å². The van der Waals surface area contributed by atoms with Crippen LogP contribution in [0.15, 0.2) is 41.6 Å². The molecular weight excluding hydrogens is 292 g/mol. The number of benzene rings is 1. The van der Waals surface area contributed by atoms with Crippen LogP contribution in [0.1, 0.15) is 24.9 Å². The number of nitrogens with zero attached hydrogens (tertiary/aromatic N) is 2. The molecule has 4 nitrogen and oxygen atoms in total. The lowest BCUT2D eigenvalue weighted by Crippen LogP contribution is -2.29. The first-order valence-corrected chi connectivity index (χ1v) is 7.96. The monoisotopic (exact) mass is 310 g/mol. The van der Waals surface area contributed by atoms with Crippen molar-refractivity contribution < 1.29 is 0 Å². The molecule has 0 aliphatic heterocycles. The Labute approximate surface area is 128 Å². The number of hydrazine groups is 1. The number of aromatic nitrogens is 2. The molecule has 0 fully saturated rings. The van der Waals surface area contributed by atoms with Crippen LogP contribution in [0.5, 0.6) is 0 Å². The lowest BCUT2D eigenvalue weighted by Gasteiger charge is -2.14. The normalized spacial score (nSPS) is 12.6. The Bertz CT molecular complexity index is 543. The minimum absolute atomic E-state index is 0.0573. The maximum atomic E-state index is 6.15. The van der Waals surface area contributed by atoms with Crippen LogP contribution in [-0.2, 0) is 6.54 Å². The zero-order valence-corrected chi connectivity index (χ0v) is 13.0. The molecule has 0 aliphatic rings. The number of rotatable bonds is 7. The van der Waals surface area contributed by atoms with Crippen molar-refractivity contribution in [3.63, 3.8) is 0 Å². The van der Waals surface area contributed by atoms with Crippen molar-refractivity contribution in [3.05, 3.63) is 47.2 Å². The Balaban J connectivity index is 1.99. The molecule has 0 bridgehead atoms. The molecule has 0 amide bonds. The highest BCUT2D eigenvalue weighted by molar-refractivity contribution is 7.99. The van der Waals surface area contributed by atoms with E-state index in [4.69, 9.17) is 17.4 Å². The van der Waals surface area contributed by atoms with E-state index >= 15 is 0 Å². The van der Waals surface area contributed by atoms with E-state index in [2.05, 4.69) is 17.4 Å². The van der Waals surface area contributed by atoms with Gasteiger partial charge in [0, 0.05) is 29.0 Å². The summed E-state index contributed by atoms with van der Waals surface area (Å²) in [4.78, 5) is 1.07. The number of nitrogens with two attached hydrogens (primary N) is 1. The van der Waals surface area contributed by atoms with Crippen molar-refractivity contribution in [3.8, 4) is 0 Å². The van der Waals surface area contributed by atoms with Gasteiger partial charge in [-0.3, -0.25) is 16.0 Å². The van der Waals surface area contributed by atoms with Crippen LogP contribution < -0.4 is 11.3 Å². The molecule has 1 heterocycles. The predicted octanol–water partition coefficient (Wildman–Crippen LogP) is 3.24. The molecule has 1 aromatic carbocycles. The molecule has 20 heavy (non-hydrogen) atoms. The number of thioether (sulfide) groups is 1. The van der Waals surface area contributed by atoms with Crippen LogP contribution in [0.4, 0.5) is 0 Å². The van der Waals surface area contributed by atoms with Crippen LogP contribution in [-0.4, -0.2) is 15.5 Å². The number of hydrogen-bond acceptors (Lipinski definition) is 4. The highest BCUT2D eigenvalue weighted by atomic mass is 35.5. The summed E-state index contributed by atoms with van der Waals surface area (Å²) in [5.74, 6) is 6.46. The lowest BCUT2D eigenvalue weighted by molar-refractivity contribution is 0.592. The fraction of sp³-hybridized carbons (Fsp3) is 0.357. The fourth-order valence-electron chi connectivity index (χ4n) is 1.89. The Kier molecular flexibility index (Phi) is 5.91. The molecule has 1 aromatic heterocycles. The number of halogens is 1. The zero-order chi connectivity index (χ0) is 14.4. The average Bonchev–Trinajstić information content (AvgIpc) is 2.90. The summed E-state index contributed by atoms with van der Waals surface area (Å²) in [5, 5.41) is 5.11. The predicted molar refractivity (Wildman–Crippen MR) is 84.8 cm³/mol. The van der Waals surface area contributed by atoms with E-state index in [-0.39, 0.29) is 6.04 Å². The van der Waals surface area contributed by atoms with Gasteiger partial charge < -0.3 is 0 Å². The van der Waals surface area contributed by atoms with Gasteiger partial charge in [-0.25, -0.2) is 0 Å². The molecular formula is C14H19ClN4S. The molecule has 108 valence electrons. The third-order valence-electron chi connectivity index (χ3n) is 2.95. The lowest BCUT2D eigenvalue weighted by atomic mass is 10.2. The first-order valence-electron chi connectivity index (χ1n) is 6.60. The van der Waals surface area contributed by atoms with Crippen LogP contribution in [0.3, 0.4) is 0 Å². The van der Waals surface area contributed by atoms with Crippen molar-refractivity contribution in [1.82, 2.24) is 15.2 Å². The van der Waals surface area contributed by atoms with Gasteiger partial charge in [0.05, 0.1) is 17.3 Å². The largest absolute Gasteiger partial charge is 0.272 e. The van der Waals surface area contributed by atoms with Gasteiger partial charge in [0.2, 0.25) is 0 Å². The van der Waals surface area contributed by atoms with Crippen LogP contribution in [0, 0.1) is 0 Å². The first-order chi connectivity index (χ1) is 9.74. The van der Waals surface area contributed by atoms with Crippen molar-refractivity contribution in [2.75, 3.05) is 5.75 Å². The molecule has 3 N–H and O–H groups in total. The van der Waals surface area contributed by atoms with Crippen molar-refractivity contribution in [2.24, 2.45) is 5.84 Å². The maximum absolute atomic E-state index is 6.15. The highest BCUT2D eigenvalue weighted by Gasteiger charge is 2.13. The third kappa shape index (κ3) is 3.99. The number of hydrogen-bond donors (Lipinski definition) is 2. The van der Waals surface area contributed by atoms with E-state index in [0.29, 0.717) is 0 Å². The molecule has 0 radical (unpaired) electrons. The summed E-state index contributed by atoms with van der Waals surface area (Å²) >= 11 is 7.84. The molecule has 0 aliphatic carbocycles. The Morgan fingerprint density at radius 1 is 1.45 bits per heavy atom. The Morgan fingerprint density at radius 2 is 2.25 bits per heavy atom. The van der Waals surface area contributed by atoms with Gasteiger partial charge in [-0.15, -0.1) is 11.8 Å². The highest BCUT2D eigenvalue weighted by Crippen LogP contribution is 2.29. The van der Waals surface area contributed by atoms with Crippen molar-refractivity contribution in [1.29, 1.82) is 0 Å². The van der Waals surface area contributed by atoms with Crippen LogP contribution in [0.25, 0.3) is 0 Å².